The number of carbonyl (C=O) groups is 1. The van der Waals surface area contributed by atoms with Crippen LogP contribution in [0.4, 0.5) is 5.69 Å². The Morgan fingerprint density at radius 2 is 1.96 bits per heavy atom. The summed E-state index contributed by atoms with van der Waals surface area (Å²) in [5.74, 6) is 1.29. The van der Waals surface area contributed by atoms with Gasteiger partial charge in [-0.2, -0.15) is 0 Å². The fourth-order valence-electron chi connectivity index (χ4n) is 2.26. The van der Waals surface area contributed by atoms with Gasteiger partial charge in [0, 0.05) is 36.3 Å². The van der Waals surface area contributed by atoms with E-state index < -0.39 is 0 Å². The van der Waals surface area contributed by atoms with E-state index in [0.717, 1.165) is 10.6 Å². The van der Waals surface area contributed by atoms with Crippen molar-refractivity contribution in [2.24, 2.45) is 0 Å². The Morgan fingerprint density at radius 3 is 2.83 bits per heavy atom. The van der Waals surface area contributed by atoms with E-state index in [1.165, 1.54) is 0 Å². The molecule has 0 spiro atoms. The summed E-state index contributed by atoms with van der Waals surface area (Å²) in [7, 11) is 0. The zero-order valence-electron chi connectivity index (χ0n) is 12.5. The van der Waals surface area contributed by atoms with Crippen LogP contribution in [0.5, 0.6) is 11.5 Å². The number of carbonyl (C=O) groups excluding carboxylic acids is 1. The molecule has 0 saturated carbocycles. The van der Waals surface area contributed by atoms with Crippen molar-refractivity contribution in [2.45, 2.75) is 13.0 Å². The summed E-state index contributed by atoms with van der Waals surface area (Å²) in [4.78, 5) is 11.9. The Labute approximate surface area is 139 Å². The van der Waals surface area contributed by atoms with Crippen LogP contribution in [-0.2, 0) is 11.3 Å². The summed E-state index contributed by atoms with van der Waals surface area (Å²) in [5, 5.41) is 6.78. The third-order valence-corrected chi connectivity index (χ3v) is 3.83. The molecule has 0 saturated heterocycles. The molecule has 0 aliphatic carbocycles. The molecule has 1 heterocycles. The first-order valence-corrected chi connectivity index (χ1v) is 7.74. The Hall–Kier alpha value is -2.24. The minimum atomic E-state index is -0.0597. The van der Waals surface area contributed by atoms with Crippen molar-refractivity contribution in [3.8, 4) is 11.5 Å². The molecule has 0 radical (unpaired) electrons. The number of hydrogen-bond acceptors (Lipinski definition) is 4. The minimum Gasteiger partial charge on any atom is -0.454 e. The molecule has 2 aromatic rings. The Morgan fingerprint density at radius 1 is 1.13 bits per heavy atom. The van der Waals surface area contributed by atoms with E-state index in [1.807, 2.05) is 24.3 Å². The fraction of sp³-hybridized carbons (Fsp3) is 0.235. The van der Waals surface area contributed by atoms with Gasteiger partial charge in [0.25, 0.3) is 0 Å². The lowest BCUT2D eigenvalue weighted by molar-refractivity contribution is -0.116. The first-order chi connectivity index (χ1) is 11.2. The van der Waals surface area contributed by atoms with Gasteiger partial charge in [0.05, 0.1) is 0 Å². The van der Waals surface area contributed by atoms with E-state index in [0.29, 0.717) is 36.7 Å². The van der Waals surface area contributed by atoms with Gasteiger partial charge in [0.1, 0.15) is 0 Å². The fourth-order valence-corrected chi connectivity index (χ4v) is 2.47. The number of nitrogens with one attached hydrogen (secondary N) is 2. The molecule has 5 nitrogen and oxygen atoms in total. The third kappa shape index (κ3) is 4.15. The Balaban J connectivity index is 1.42. The van der Waals surface area contributed by atoms with Gasteiger partial charge in [-0.1, -0.05) is 29.8 Å². The van der Waals surface area contributed by atoms with Crippen molar-refractivity contribution in [3.63, 3.8) is 0 Å². The van der Waals surface area contributed by atoms with Crippen molar-refractivity contribution >= 4 is 23.2 Å². The van der Waals surface area contributed by atoms with Gasteiger partial charge >= 0.3 is 0 Å². The van der Waals surface area contributed by atoms with Crippen LogP contribution >= 0.6 is 11.6 Å². The second-order valence-corrected chi connectivity index (χ2v) is 5.54. The molecule has 0 atom stereocenters. The van der Waals surface area contributed by atoms with Gasteiger partial charge < -0.3 is 20.1 Å². The minimum absolute atomic E-state index is 0.0597. The van der Waals surface area contributed by atoms with Crippen LogP contribution < -0.4 is 20.1 Å². The van der Waals surface area contributed by atoms with Gasteiger partial charge in [0.2, 0.25) is 12.7 Å². The monoisotopic (exact) mass is 332 g/mol. The first-order valence-electron chi connectivity index (χ1n) is 7.36. The van der Waals surface area contributed by atoms with Crippen LogP contribution in [0, 0.1) is 0 Å². The number of anilines is 1. The van der Waals surface area contributed by atoms with Crippen LogP contribution in [0.15, 0.2) is 42.5 Å². The standard InChI is InChI=1S/C17H17ClN2O3/c18-14-4-2-1-3-12(14)10-19-8-7-17(21)20-13-5-6-15-16(9-13)23-11-22-15/h1-6,9,19H,7-8,10-11H2,(H,20,21). The largest absolute Gasteiger partial charge is 0.454 e. The molecule has 1 aliphatic rings. The molecular weight excluding hydrogens is 316 g/mol. The number of amides is 1. The van der Waals surface area contributed by atoms with Crippen molar-refractivity contribution in [3.05, 3.63) is 53.1 Å². The van der Waals surface area contributed by atoms with E-state index in [4.69, 9.17) is 21.1 Å². The van der Waals surface area contributed by atoms with E-state index in [9.17, 15) is 4.79 Å². The van der Waals surface area contributed by atoms with Gasteiger partial charge in [-0.05, 0) is 23.8 Å². The van der Waals surface area contributed by atoms with Gasteiger partial charge in [-0.15, -0.1) is 0 Å². The highest BCUT2D eigenvalue weighted by Gasteiger charge is 2.14. The maximum atomic E-state index is 11.9. The molecule has 1 aliphatic heterocycles. The number of halogens is 1. The highest BCUT2D eigenvalue weighted by Crippen LogP contribution is 2.34. The molecule has 1 amide bonds. The predicted molar refractivity (Wildman–Crippen MR) is 89.0 cm³/mol. The summed E-state index contributed by atoms with van der Waals surface area (Å²) in [5.41, 5.74) is 1.72. The highest BCUT2D eigenvalue weighted by atomic mass is 35.5. The van der Waals surface area contributed by atoms with Gasteiger partial charge in [-0.25, -0.2) is 0 Å². The SMILES string of the molecule is O=C(CCNCc1ccccc1Cl)Nc1ccc2c(c1)OCO2. The number of ether oxygens (including phenoxy) is 2. The molecular formula is C17H17ClN2O3. The van der Waals surface area contributed by atoms with Crippen LogP contribution in [-0.4, -0.2) is 19.2 Å². The second kappa shape index (κ2) is 7.35. The van der Waals surface area contributed by atoms with Crippen LogP contribution in [0.3, 0.4) is 0 Å². The predicted octanol–water partition coefficient (Wildman–Crippen LogP) is 3.19. The van der Waals surface area contributed by atoms with E-state index in [1.54, 1.807) is 18.2 Å². The van der Waals surface area contributed by atoms with E-state index in [-0.39, 0.29) is 12.7 Å². The Kier molecular flexibility index (Phi) is 5.00. The average molecular weight is 333 g/mol. The molecule has 0 bridgehead atoms. The topological polar surface area (TPSA) is 59.6 Å². The third-order valence-electron chi connectivity index (χ3n) is 3.46. The summed E-state index contributed by atoms with van der Waals surface area (Å²) < 4.78 is 10.5. The number of fused-ring (bicyclic) bond motifs is 1. The maximum Gasteiger partial charge on any atom is 0.231 e. The molecule has 3 rings (SSSR count). The number of hydrogen-bond donors (Lipinski definition) is 2. The zero-order chi connectivity index (χ0) is 16.1. The van der Waals surface area contributed by atoms with Gasteiger partial charge in [0.15, 0.2) is 11.5 Å². The normalized spacial score (nSPS) is 12.2. The summed E-state index contributed by atoms with van der Waals surface area (Å²) in [6, 6.07) is 13.0. The quantitative estimate of drug-likeness (QED) is 0.798. The Bertz CT molecular complexity index is 706. The summed E-state index contributed by atoms with van der Waals surface area (Å²) >= 11 is 6.08. The molecule has 2 N–H and O–H groups in total. The van der Waals surface area contributed by atoms with E-state index in [2.05, 4.69) is 10.6 Å². The lowest BCUT2D eigenvalue weighted by Gasteiger charge is -2.08. The van der Waals surface area contributed by atoms with Crippen LogP contribution in [0.25, 0.3) is 0 Å². The highest BCUT2D eigenvalue weighted by molar-refractivity contribution is 6.31. The second-order valence-electron chi connectivity index (χ2n) is 5.13. The van der Waals surface area contributed by atoms with Crippen molar-refractivity contribution in [2.75, 3.05) is 18.7 Å². The molecule has 2 aromatic carbocycles. The smallest absolute Gasteiger partial charge is 0.231 e. The summed E-state index contributed by atoms with van der Waals surface area (Å²) in [6.07, 6.45) is 0.374. The van der Waals surface area contributed by atoms with Crippen molar-refractivity contribution < 1.29 is 14.3 Å². The first kappa shape index (κ1) is 15.6. The number of rotatable bonds is 6. The van der Waals surface area contributed by atoms with Crippen LogP contribution in [0.1, 0.15) is 12.0 Å². The van der Waals surface area contributed by atoms with Crippen LogP contribution in [0.2, 0.25) is 5.02 Å². The molecule has 0 aromatic heterocycles. The molecule has 0 unspecified atom stereocenters. The van der Waals surface area contributed by atoms with Crippen molar-refractivity contribution in [1.82, 2.24) is 5.32 Å². The zero-order valence-corrected chi connectivity index (χ0v) is 13.2. The lowest BCUT2D eigenvalue weighted by atomic mass is 10.2. The molecule has 0 fully saturated rings. The van der Waals surface area contributed by atoms with Crippen molar-refractivity contribution in [1.29, 1.82) is 0 Å². The molecule has 6 heteroatoms. The maximum absolute atomic E-state index is 11.9. The molecule has 120 valence electrons. The number of benzene rings is 2. The van der Waals surface area contributed by atoms with E-state index >= 15 is 0 Å². The average Bonchev–Trinajstić information content (AvgIpc) is 3.01. The van der Waals surface area contributed by atoms with Gasteiger partial charge in [-0.3, -0.25) is 4.79 Å². The summed E-state index contributed by atoms with van der Waals surface area (Å²) in [6.45, 7) is 1.43. The lowest BCUT2D eigenvalue weighted by Crippen LogP contribution is -2.21. The molecule has 23 heavy (non-hydrogen) atoms.